The van der Waals surface area contributed by atoms with Crippen LogP contribution in [0.15, 0.2) is 36.4 Å². The fraction of sp³-hybridized carbons (Fsp3) is 0.364. The predicted octanol–water partition coefficient (Wildman–Crippen LogP) is 4.37. The number of rotatable bonds is 6. The van der Waals surface area contributed by atoms with E-state index in [-0.39, 0.29) is 18.3 Å². The Hall–Kier alpha value is -2.82. The summed E-state index contributed by atoms with van der Waals surface area (Å²) in [5, 5.41) is 0. The molecule has 5 nitrogen and oxygen atoms in total. The molecule has 0 aliphatic heterocycles. The Morgan fingerprint density at radius 2 is 2.00 bits per heavy atom. The molecule has 0 radical (unpaired) electrons. The second-order valence-electron chi connectivity index (χ2n) is 6.68. The van der Waals surface area contributed by atoms with Gasteiger partial charge in [0.1, 0.15) is 18.1 Å². The Bertz CT molecular complexity index is 861. The molecule has 0 fully saturated rings. The van der Waals surface area contributed by atoms with Crippen molar-refractivity contribution >= 4 is 11.8 Å². The van der Waals surface area contributed by atoms with Gasteiger partial charge in [0, 0.05) is 17.7 Å². The highest BCUT2D eigenvalue weighted by Gasteiger charge is 2.32. The highest BCUT2D eigenvalue weighted by atomic mass is 16.5. The van der Waals surface area contributed by atoms with E-state index in [2.05, 4.69) is 4.98 Å². The summed E-state index contributed by atoms with van der Waals surface area (Å²) in [4.78, 5) is 28.2. The lowest BCUT2D eigenvalue weighted by atomic mass is 9.81. The minimum Gasteiger partial charge on any atom is -0.494 e. The van der Waals surface area contributed by atoms with Gasteiger partial charge in [-0.05, 0) is 56.4 Å². The summed E-state index contributed by atoms with van der Waals surface area (Å²) in [6.07, 6.45) is 4.72. The van der Waals surface area contributed by atoms with E-state index in [0.29, 0.717) is 36.3 Å². The lowest BCUT2D eigenvalue weighted by molar-refractivity contribution is 0.0542. The van der Waals surface area contributed by atoms with Crippen molar-refractivity contribution in [2.75, 3.05) is 13.2 Å². The van der Waals surface area contributed by atoms with Crippen LogP contribution in [-0.2, 0) is 11.2 Å². The van der Waals surface area contributed by atoms with Crippen LogP contribution in [-0.4, -0.2) is 30.0 Å². The lowest BCUT2D eigenvalue weighted by Gasteiger charge is -2.22. The maximum absolute atomic E-state index is 12.7. The molecule has 142 valence electrons. The van der Waals surface area contributed by atoms with E-state index < -0.39 is 5.97 Å². The average Bonchev–Trinajstić information content (AvgIpc) is 3.00. The Kier molecular flexibility index (Phi) is 5.79. The normalized spacial score (nSPS) is 16.4. The van der Waals surface area contributed by atoms with Crippen molar-refractivity contribution < 1.29 is 19.1 Å². The van der Waals surface area contributed by atoms with Gasteiger partial charge in [0.2, 0.25) is 0 Å². The molecule has 0 saturated heterocycles. The second-order valence-corrected chi connectivity index (χ2v) is 6.68. The number of nitrogens with one attached hydrogen (secondary N) is 1. The average molecular weight is 367 g/mol. The van der Waals surface area contributed by atoms with Crippen molar-refractivity contribution in [3.05, 3.63) is 64.5 Å². The zero-order valence-electron chi connectivity index (χ0n) is 16.0. The smallest absolute Gasteiger partial charge is 0.355 e. The molecule has 1 aromatic carbocycles. The first-order valence-corrected chi connectivity index (χ1v) is 9.30. The minimum absolute atomic E-state index is 0.0661. The van der Waals surface area contributed by atoms with Gasteiger partial charge in [-0.2, -0.15) is 0 Å². The number of allylic oxidation sites excluding steroid dienone is 1. The van der Waals surface area contributed by atoms with Crippen LogP contribution in [0.3, 0.4) is 0 Å². The molecule has 0 spiro atoms. The van der Waals surface area contributed by atoms with Gasteiger partial charge in [-0.3, -0.25) is 4.79 Å². The molecule has 1 atom stereocenters. The third-order valence-electron chi connectivity index (χ3n) is 4.90. The molecule has 1 aliphatic rings. The Morgan fingerprint density at radius 1 is 1.26 bits per heavy atom. The first-order valence-electron chi connectivity index (χ1n) is 9.30. The number of aromatic nitrogens is 1. The van der Waals surface area contributed by atoms with Crippen molar-refractivity contribution in [3.8, 4) is 5.75 Å². The van der Waals surface area contributed by atoms with Crippen LogP contribution in [0.4, 0.5) is 0 Å². The minimum atomic E-state index is -0.426. The summed E-state index contributed by atoms with van der Waals surface area (Å²) in [5.74, 6) is 0.554. The summed E-state index contributed by atoms with van der Waals surface area (Å²) in [6.45, 7) is 6.47. The molecule has 0 saturated carbocycles. The quantitative estimate of drug-likeness (QED) is 0.608. The monoisotopic (exact) mass is 367 g/mol. The third kappa shape index (κ3) is 3.97. The highest BCUT2D eigenvalue weighted by molar-refractivity contribution is 6.03. The SMILES string of the molecule is C/C=C/COC(=O)c1[nH]c2c(c1C)C(=O)C[C@@H](c1ccc(OCC)cc1)C2. The molecule has 0 unspecified atom stereocenters. The maximum atomic E-state index is 12.7. The molecule has 1 N–H and O–H groups in total. The first-order chi connectivity index (χ1) is 13.0. The van der Waals surface area contributed by atoms with E-state index in [1.807, 2.05) is 44.2 Å². The fourth-order valence-electron chi connectivity index (χ4n) is 3.57. The lowest BCUT2D eigenvalue weighted by Crippen LogP contribution is -2.18. The number of carbonyl (C=O) groups is 2. The first kappa shape index (κ1) is 19.0. The van der Waals surface area contributed by atoms with E-state index >= 15 is 0 Å². The maximum Gasteiger partial charge on any atom is 0.355 e. The summed E-state index contributed by atoms with van der Waals surface area (Å²) in [6, 6.07) is 7.89. The van der Waals surface area contributed by atoms with Crippen LogP contribution < -0.4 is 4.74 Å². The van der Waals surface area contributed by atoms with E-state index in [9.17, 15) is 9.59 Å². The van der Waals surface area contributed by atoms with E-state index in [1.165, 1.54) is 0 Å². The molecular formula is C22H25NO4. The van der Waals surface area contributed by atoms with Gasteiger partial charge in [-0.15, -0.1) is 0 Å². The summed E-state index contributed by atoms with van der Waals surface area (Å²) in [5.41, 5.74) is 3.63. The fourth-order valence-corrected chi connectivity index (χ4v) is 3.57. The van der Waals surface area contributed by atoms with Crippen molar-refractivity contribution in [1.29, 1.82) is 0 Å². The van der Waals surface area contributed by atoms with Crippen LogP contribution in [0.25, 0.3) is 0 Å². The molecule has 0 bridgehead atoms. The van der Waals surface area contributed by atoms with Crippen LogP contribution in [0.1, 0.15) is 63.9 Å². The number of ketones is 1. The zero-order chi connectivity index (χ0) is 19.4. The van der Waals surface area contributed by atoms with Gasteiger partial charge in [0.15, 0.2) is 5.78 Å². The van der Waals surface area contributed by atoms with Gasteiger partial charge in [-0.1, -0.05) is 24.3 Å². The Labute approximate surface area is 159 Å². The molecule has 0 amide bonds. The van der Waals surface area contributed by atoms with Crippen molar-refractivity contribution in [1.82, 2.24) is 4.98 Å². The van der Waals surface area contributed by atoms with Crippen LogP contribution in [0.5, 0.6) is 5.75 Å². The Morgan fingerprint density at radius 3 is 2.67 bits per heavy atom. The third-order valence-corrected chi connectivity index (χ3v) is 4.90. The number of ether oxygens (including phenoxy) is 2. The topological polar surface area (TPSA) is 68.4 Å². The van der Waals surface area contributed by atoms with Crippen molar-refractivity contribution in [3.63, 3.8) is 0 Å². The van der Waals surface area contributed by atoms with Crippen molar-refractivity contribution in [2.24, 2.45) is 0 Å². The van der Waals surface area contributed by atoms with Gasteiger partial charge in [-0.25, -0.2) is 4.79 Å². The second kappa shape index (κ2) is 8.25. The van der Waals surface area contributed by atoms with Crippen LogP contribution >= 0.6 is 0 Å². The summed E-state index contributed by atoms with van der Waals surface area (Å²) >= 11 is 0. The molecule has 5 heteroatoms. The van der Waals surface area contributed by atoms with Gasteiger partial charge in [0.05, 0.1) is 6.61 Å². The number of aromatic amines is 1. The number of hydrogen-bond donors (Lipinski definition) is 1. The number of Topliss-reactive ketones (excluding diaryl/α,β-unsaturated/α-hetero) is 1. The zero-order valence-corrected chi connectivity index (χ0v) is 16.0. The van der Waals surface area contributed by atoms with E-state index in [4.69, 9.17) is 9.47 Å². The molecular weight excluding hydrogens is 342 g/mol. The van der Waals surface area contributed by atoms with Gasteiger partial charge >= 0.3 is 5.97 Å². The Balaban J connectivity index is 1.81. The van der Waals surface area contributed by atoms with Crippen LogP contribution in [0, 0.1) is 6.92 Å². The van der Waals surface area contributed by atoms with E-state index in [0.717, 1.165) is 17.0 Å². The van der Waals surface area contributed by atoms with E-state index in [1.54, 1.807) is 13.0 Å². The van der Waals surface area contributed by atoms with Gasteiger partial charge in [0.25, 0.3) is 0 Å². The number of fused-ring (bicyclic) bond motifs is 1. The highest BCUT2D eigenvalue weighted by Crippen LogP contribution is 2.35. The molecule has 3 rings (SSSR count). The molecule has 27 heavy (non-hydrogen) atoms. The van der Waals surface area contributed by atoms with Crippen molar-refractivity contribution in [2.45, 2.75) is 39.5 Å². The molecule has 1 aliphatic carbocycles. The standard InChI is InChI=1S/C22H25NO4/c1-4-6-11-27-22(25)21-14(3)20-18(23-21)12-16(13-19(20)24)15-7-9-17(10-8-15)26-5-2/h4,6-10,16,23H,5,11-13H2,1-3H3/b6-4+/t16-/m0/s1. The summed E-state index contributed by atoms with van der Waals surface area (Å²) in [7, 11) is 0. The number of hydrogen-bond acceptors (Lipinski definition) is 4. The largest absolute Gasteiger partial charge is 0.494 e. The number of benzene rings is 1. The number of H-pyrrole nitrogens is 1. The number of esters is 1. The summed E-state index contributed by atoms with van der Waals surface area (Å²) < 4.78 is 10.7. The molecule has 1 heterocycles. The molecule has 2 aromatic rings. The molecule has 1 aromatic heterocycles. The predicted molar refractivity (Wildman–Crippen MR) is 104 cm³/mol. The van der Waals surface area contributed by atoms with Gasteiger partial charge < -0.3 is 14.5 Å². The van der Waals surface area contributed by atoms with Crippen LogP contribution in [0.2, 0.25) is 0 Å². The number of carbonyl (C=O) groups excluding carboxylic acids is 2.